The summed E-state index contributed by atoms with van der Waals surface area (Å²) in [7, 11) is 1.98. The number of hydrogen-bond donors (Lipinski definition) is 1. The molecule has 0 aromatic carbocycles. The van der Waals surface area contributed by atoms with Crippen LogP contribution >= 0.6 is 0 Å². The first-order valence-electron chi connectivity index (χ1n) is 7.68. The zero-order valence-electron chi connectivity index (χ0n) is 13.0. The number of ketones is 1. The van der Waals surface area contributed by atoms with Crippen LogP contribution in [0, 0.1) is 5.41 Å². The van der Waals surface area contributed by atoms with E-state index in [1.54, 1.807) is 0 Å². The SMILES string of the molecule is CC1=C2CCC[C@H](O)[C@@]2(C)C/C(=C\c2cccn2C)C1=O. The van der Waals surface area contributed by atoms with Crippen molar-refractivity contribution in [2.24, 2.45) is 12.5 Å². The van der Waals surface area contributed by atoms with Crippen molar-refractivity contribution in [2.75, 3.05) is 0 Å². The second-order valence-corrected chi connectivity index (χ2v) is 6.65. The zero-order valence-corrected chi connectivity index (χ0v) is 13.0. The highest BCUT2D eigenvalue weighted by atomic mass is 16.3. The molecule has 0 spiro atoms. The Balaban J connectivity index is 2.07. The molecule has 112 valence electrons. The van der Waals surface area contributed by atoms with Crippen molar-refractivity contribution in [2.45, 2.75) is 45.6 Å². The Hall–Kier alpha value is -1.61. The topological polar surface area (TPSA) is 42.2 Å². The minimum Gasteiger partial charge on any atom is -0.392 e. The number of rotatable bonds is 1. The Kier molecular flexibility index (Phi) is 3.40. The normalized spacial score (nSPS) is 31.7. The van der Waals surface area contributed by atoms with E-state index < -0.39 is 0 Å². The van der Waals surface area contributed by atoms with Gasteiger partial charge in [-0.1, -0.05) is 12.5 Å². The number of carbonyl (C=O) groups excluding carboxylic acids is 1. The summed E-state index contributed by atoms with van der Waals surface area (Å²) in [6.45, 7) is 4.03. The predicted octanol–water partition coefficient (Wildman–Crippen LogP) is 3.25. The summed E-state index contributed by atoms with van der Waals surface area (Å²) in [5, 5.41) is 10.5. The molecule has 1 N–H and O–H groups in total. The van der Waals surface area contributed by atoms with E-state index in [4.69, 9.17) is 0 Å². The Bertz CT molecular complexity index is 650. The van der Waals surface area contributed by atoms with Crippen molar-refractivity contribution >= 4 is 11.9 Å². The molecule has 0 amide bonds. The maximum Gasteiger partial charge on any atom is 0.184 e. The molecular weight excluding hydrogens is 262 g/mol. The lowest BCUT2D eigenvalue weighted by atomic mass is 9.61. The van der Waals surface area contributed by atoms with E-state index in [0.29, 0.717) is 6.42 Å². The van der Waals surface area contributed by atoms with E-state index in [1.165, 1.54) is 5.57 Å². The van der Waals surface area contributed by atoms with Crippen LogP contribution in [0.4, 0.5) is 0 Å². The highest BCUT2D eigenvalue weighted by molar-refractivity contribution is 6.12. The highest BCUT2D eigenvalue weighted by Crippen LogP contribution is 2.50. The van der Waals surface area contributed by atoms with E-state index in [2.05, 4.69) is 6.92 Å². The van der Waals surface area contributed by atoms with Crippen LogP contribution in [-0.4, -0.2) is 21.6 Å². The molecule has 1 heterocycles. The molecule has 3 rings (SSSR count). The first-order valence-corrected chi connectivity index (χ1v) is 7.68. The maximum atomic E-state index is 12.6. The van der Waals surface area contributed by atoms with Crippen molar-refractivity contribution in [1.29, 1.82) is 0 Å². The third-order valence-electron chi connectivity index (χ3n) is 5.28. The van der Waals surface area contributed by atoms with Crippen LogP contribution in [0.3, 0.4) is 0 Å². The molecule has 1 fully saturated rings. The number of allylic oxidation sites excluding steroid dienone is 2. The van der Waals surface area contributed by atoms with Gasteiger partial charge in [-0.2, -0.15) is 0 Å². The van der Waals surface area contributed by atoms with Gasteiger partial charge in [0.25, 0.3) is 0 Å². The Morgan fingerprint density at radius 1 is 1.48 bits per heavy atom. The maximum absolute atomic E-state index is 12.6. The molecule has 0 saturated heterocycles. The van der Waals surface area contributed by atoms with Crippen molar-refractivity contribution in [3.8, 4) is 0 Å². The standard InChI is InChI=1S/C18H23NO2/c1-12-15-7-4-8-16(20)18(15,2)11-13(17(12)21)10-14-6-5-9-19(14)3/h5-6,9-10,16,20H,4,7-8,11H2,1-3H3/b13-10+/t16-,18-/m0/s1. The average molecular weight is 285 g/mol. The molecule has 3 heteroatoms. The molecule has 0 unspecified atom stereocenters. The molecular formula is C18H23NO2. The number of aryl methyl sites for hydroxylation is 1. The molecule has 21 heavy (non-hydrogen) atoms. The van der Waals surface area contributed by atoms with Gasteiger partial charge in [0.15, 0.2) is 5.78 Å². The number of fused-ring (bicyclic) bond motifs is 1. The van der Waals surface area contributed by atoms with Gasteiger partial charge in [0.05, 0.1) is 6.10 Å². The van der Waals surface area contributed by atoms with Crippen molar-refractivity contribution in [3.63, 3.8) is 0 Å². The van der Waals surface area contributed by atoms with Gasteiger partial charge in [-0.25, -0.2) is 0 Å². The Morgan fingerprint density at radius 3 is 2.90 bits per heavy atom. The van der Waals surface area contributed by atoms with E-state index in [1.807, 2.05) is 42.9 Å². The lowest BCUT2D eigenvalue weighted by molar-refractivity contribution is -0.113. The minimum absolute atomic E-state index is 0.151. The third-order valence-corrected chi connectivity index (χ3v) is 5.28. The molecule has 1 saturated carbocycles. The van der Waals surface area contributed by atoms with Crippen molar-refractivity contribution in [3.05, 3.63) is 40.7 Å². The van der Waals surface area contributed by atoms with Crippen molar-refractivity contribution < 1.29 is 9.90 Å². The smallest absolute Gasteiger partial charge is 0.184 e. The second kappa shape index (κ2) is 4.99. The largest absolute Gasteiger partial charge is 0.392 e. The van der Waals surface area contributed by atoms with E-state index in [-0.39, 0.29) is 17.3 Å². The van der Waals surface area contributed by atoms with Crippen LogP contribution in [0.5, 0.6) is 0 Å². The van der Waals surface area contributed by atoms with Crippen LogP contribution in [0.25, 0.3) is 6.08 Å². The number of carbonyl (C=O) groups is 1. The Morgan fingerprint density at radius 2 is 2.24 bits per heavy atom. The molecule has 0 radical (unpaired) electrons. The summed E-state index contributed by atoms with van der Waals surface area (Å²) < 4.78 is 2.01. The highest BCUT2D eigenvalue weighted by Gasteiger charge is 2.45. The van der Waals surface area contributed by atoms with Gasteiger partial charge in [0.2, 0.25) is 0 Å². The molecule has 2 aliphatic carbocycles. The lowest BCUT2D eigenvalue weighted by Gasteiger charge is -2.45. The first kappa shape index (κ1) is 14.3. The summed E-state index contributed by atoms with van der Waals surface area (Å²) >= 11 is 0. The van der Waals surface area contributed by atoms with E-state index in [9.17, 15) is 9.90 Å². The summed E-state index contributed by atoms with van der Waals surface area (Å²) in [5.74, 6) is 0.151. The number of nitrogens with zero attached hydrogens (tertiary/aromatic N) is 1. The average Bonchev–Trinajstić information content (AvgIpc) is 2.84. The fraction of sp³-hybridized carbons (Fsp3) is 0.500. The quantitative estimate of drug-likeness (QED) is 0.805. The molecule has 0 aliphatic heterocycles. The summed E-state index contributed by atoms with van der Waals surface area (Å²) in [5.41, 5.74) is 3.61. The fourth-order valence-corrected chi connectivity index (χ4v) is 3.89. The second-order valence-electron chi connectivity index (χ2n) is 6.65. The number of Topliss-reactive ketones (excluding diaryl/α,β-unsaturated/α-hetero) is 1. The van der Waals surface area contributed by atoms with Crippen LogP contribution < -0.4 is 0 Å². The van der Waals surface area contributed by atoms with Crippen LogP contribution in [0.1, 0.15) is 45.2 Å². The third kappa shape index (κ3) is 2.20. The zero-order chi connectivity index (χ0) is 15.2. The Labute approximate surface area is 126 Å². The fourth-order valence-electron chi connectivity index (χ4n) is 3.89. The van der Waals surface area contributed by atoms with Gasteiger partial charge < -0.3 is 9.67 Å². The number of aliphatic hydroxyl groups is 1. The predicted molar refractivity (Wildman–Crippen MR) is 83.7 cm³/mol. The molecule has 1 aromatic rings. The van der Waals surface area contributed by atoms with E-state index in [0.717, 1.165) is 36.1 Å². The molecule has 2 aliphatic rings. The summed E-state index contributed by atoms with van der Waals surface area (Å²) in [4.78, 5) is 12.6. The van der Waals surface area contributed by atoms with Gasteiger partial charge in [0.1, 0.15) is 0 Å². The molecule has 1 aromatic heterocycles. The van der Waals surface area contributed by atoms with E-state index >= 15 is 0 Å². The molecule has 0 bridgehead atoms. The van der Waals surface area contributed by atoms with Gasteiger partial charge in [-0.15, -0.1) is 0 Å². The summed E-state index contributed by atoms with van der Waals surface area (Å²) in [6, 6.07) is 3.99. The van der Waals surface area contributed by atoms with Gasteiger partial charge in [-0.05, 0) is 56.4 Å². The first-order chi connectivity index (χ1) is 9.93. The van der Waals surface area contributed by atoms with Crippen molar-refractivity contribution in [1.82, 2.24) is 4.57 Å². The summed E-state index contributed by atoms with van der Waals surface area (Å²) in [6.07, 6.45) is 7.01. The lowest BCUT2D eigenvalue weighted by Crippen LogP contribution is -2.42. The minimum atomic E-state index is -0.346. The number of aromatic nitrogens is 1. The number of hydrogen-bond acceptors (Lipinski definition) is 2. The molecule has 3 nitrogen and oxygen atoms in total. The van der Waals surface area contributed by atoms with Crippen LogP contribution in [0.2, 0.25) is 0 Å². The van der Waals surface area contributed by atoms with Gasteiger partial charge in [-0.3, -0.25) is 4.79 Å². The molecule has 2 atom stereocenters. The van der Waals surface area contributed by atoms with Gasteiger partial charge in [0, 0.05) is 29.9 Å². The monoisotopic (exact) mass is 285 g/mol. The van der Waals surface area contributed by atoms with Crippen LogP contribution in [0.15, 0.2) is 35.0 Å². The van der Waals surface area contributed by atoms with Crippen LogP contribution in [-0.2, 0) is 11.8 Å². The number of aliphatic hydroxyl groups excluding tert-OH is 1. The van der Waals surface area contributed by atoms with Gasteiger partial charge >= 0.3 is 0 Å².